The summed E-state index contributed by atoms with van der Waals surface area (Å²) in [5.74, 6) is -1.09. The molecule has 1 heterocycles. The summed E-state index contributed by atoms with van der Waals surface area (Å²) in [6.45, 7) is 2.04. The van der Waals surface area contributed by atoms with Crippen LogP contribution in [0.1, 0.15) is 22.8 Å². The number of aliphatic hydroxyl groups excluding tert-OH is 1. The Morgan fingerprint density at radius 3 is 2.69 bits per heavy atom. The Bertz CT molecular complexity index is 1150. The monoisotopic (exact) mass is 399 g/mol. The highest BCUT2D eigenvalue weighted by molar-refractivity contribution is 5.97. The number of hydrogen-bond acceptors (Lipinski definition) is 4. The second kappa shape index (κ2) is 8.83. The molecule has 0 bridgehead atoms. The smallest absolute Gasteiger partial charge is 0.316 e. The molecule has 1 aromatic heterocycles. The van der Waals surface area contributed by atoms with Crippen molar-refractivity contribution < 1.29 is 14.3 Å². The van der Waals surface area contributed by atoms with Crippen molar-refractivity contribution in [2.75, 3.05) is 13.2 Å². The summed E-state index contributed by atoms with van der Waals surface area (Å²) >= 11 is 0. The summed E-state index contributed by atoms with van der Waals surface area (Å²) in [7, 11) is 0. The summed E-state index contributed by atoms with van der Waals surface area (Å²) in [6, 6.07) is 11.0. The molecule has 1 unspecified atom stereocenters. The molecule has 152 valence electrons. The third kappa shape index (κ3) is 4.43. The number of H-pyrrole nitrogens is 1. The standard InChI is InChI=1S/C21H22FN3O4/c1-2-25-18-8-7-15(10-17(18)24-20(28)21(25)29)19(27)23-11-13(12-26)9-14-5-3-4-6-16(14)22/h3-8,10,13,26H,2,9,11-12H2,1H3,(H,23,27)(H,24,28). The molecule has 7 nitrogen and oxygen atoms in total. The third-order valence-electron chi connectivity index (χ3n) is 4.83. The predicted molar refractivity (Wildman–Crippen MR) is 108 cm³/mol. The van der Waals surface area contributed by atoms with E-state index in [2.05, 4.69) is 10.3 Å². The second-order valence-electron chi connectivity index (χ2n) is 6.79. The molecule has 8 heteroatoms. The first-order valence-electron chi connectivity index (χ1n) is 9.34. The molecule has 1 amide bonds. The van der Waals surface area contributed by atoms with Crippen LogP contribution in [-0.2, 0) is 13.0 Å². The molecule has 0 fully saturated rings. The number of nitrogens with one attached hydrogen (secondary N) is 2. The van der Waals surface area contributed by atoms with Crippen LogP contribution in [0.15, 0.2) is 52.1 Å². The average Bonchev–Trinajstić information content (AvgIpc) is 2.72. The zero-order chi connectivity index (χ0) is 21.0. The first-order chi connectivity index (χ1) is 13.9. The predicted octanol–water partition coefficient (Wildman–Crippen LogP) is 1.43. The van der Waals surface area contributed by atoms with Gasteiger partial charge in [0.25, 0.3) is 5.91 Å². The summed E-state index contributed by atoms with van der Waals surface area (Å²) in [5.41, 5.74) is 0.299. The van der Waals surface area contributed by atoms with Gasteiger partial charge in [0.15, 0.2) is 0 Å². The van der Waals surface area contributed by atoms with Gasteiger partial charge in [-0.2, -0.15) is 0 Å². The topological polar surface area (TPSA) is 104 Å². The molecular weight excluding hydrogens is 377 g/mol. The second-order valence-corrected chi connectivity index (χ2v) is 6.79. The summed E-state index contributed by atoms with van der Waals surface area (Å²) in [6.07, 6.45) is 0.289. The van der Waals surface area contributed by atoms with E-state index in [9.17, 15) is 23.9 Å². The lowest BCUT2D eigenvalue weighted by Crippen LogP contribution is -2.36. The van der Waals surface area contributed by atoms with Crippen LogP contribution in [0.4, 0.5) is 4.39 Å². The number of amides is 1. The minimum absolute atomic E-state index is 0.159. The number of carbonyl (C=O) groups excluding carboxylic acids is 1. The van der Waals surface area contributed by atoms with Crippen LogP contribution in [0.3, 0.4) is 0 Å². The fraction of sp³-hybridized carbons (Fsp3) is 0.286. The maximum absolute atomic E-state index is 13.8. The van der Waals surface area contributed by atoms with Gasteiger partial charge in [-0.05, 0) is 43.2 Å². The zero-order valence-corrected chi connectivity index (χ0v) is 15.9. The Labute approximate surface area is 165 Å². The lowest BCUT2D eigenvalue weighted by Gasteiger charge is -2.16. The van der Waals surface area contributed by atoms with E-state index in [-0.39, 0.29) is 31.3 Å². The first-order valence-corrected chi connectivity index (χ1v) is 9.34. The van der Waals surface area contributed by atoms with E-state index in [1.54, 1.807) is 37.3 Å². The van der Waals surface area contributed by atoms with Crippen molar-refractivity contribution in [3.8, 4) is 0 Å². The van der Waals surface area contributed by atoms with Crippen LogP contribution < -0.4 is 16.4 Å². The Hall–Kier alpha value is -3.26. The van der Waals surface area contributed by atoms with E-state index in [1.165, 1.54) is 16.7 Å². The van der Waals surface area contributed by atoms with Gasteiger partial charge in [0.1, 0.15) is 5.82 Å². The van der Waals surface area contributed by atoms with E-state index in [4.69, 9.17) is 0 Å². The van der Waals surface area contributed by atoms with Gasteiger partial charge in [-0.3, -0.25) is 14.4 Å². The van der Waals surface area contributed by atoms with E-state index < -0.39 is 17.0 Å². The van der Waals surface area contributed by atoms with Gasteiger partial charge in [-0.1, -0.05) is 18.2 Å². The maximum atomic E-state index is 13.8. The molecule has 0 aliphatic rings. The molecule has 3 rings (SSSR count). The minimum atomic E-state index is -0.748. The van der Waals surface area contributed by atoms with Crippen molar-refractivity contribution in [3.63, 3.8) is 0 Å². The van der Waals surface area contributed by atoms with Gasteiger partial charge in [-0.25, -0.2) is 4.39 Å². The van der Waals surface area contributed by atoms with E-state index in [0.717, 1.165) is 0 Å². The van der Waals surface area contributed by atoms with Crippen molar-refractivity contribution in [1.29, 1.82) is 0 Å². The van der Waals surface area contributed by atoms with Gasteiger partial charge < -0.3 is 20.0 Å². The van der Waals surface area contributed by atoms with Crippen molar-refractivity contribution in [1.82, 2.24) is 14.9 Å². The number of fused-ring (bicyclic) bond motifs is 1. The van der Waals surface area contributed by atoms with Gasteiger partial charge in [0, 0.05) is 31.2 Å². The molecule has 2 aromatic carbocycles. The SMILES string of the molecule is CCn1c(=O)c(=O)[nH]c2cc(C(=O)NCC(CO)Cc3ccccc3F)ccc21. The molecule has 0 saturated carbocycles. The number of aliphatic hydroxyl groups is 1. The van der Waals surface area contributed by atoms with E-state index in [1.807, 2.05) is 0 Å². The van der Waals surface area contributed by atoms with E-state index in [0.29, 0.717) is 28.7 Å². The van der Waals surface area contributed by atoms with Gasteiger partial charge in [0.05, 0.1) is 11.0 Å². The fourth-order valence-corrected chi connectivity index (χ4v) is 3.25. The number of nitrogens with zero attached hydrogens (tertiary/aromatic N) is 1. The maximum Gasteiger partial charge on any atom is 0.316 e. The number of hydrogen-bond donors (Lipinski definition) is 3. The molecule has 0 radical (unpaired) electrons. The largest absolute Gasteiger partial charge is 0.396 e. The Kier molecular flexibility index (Phi) is 6.23. The normalized spacial score (nSPS) is 12.1. The number of aromatic nitrogens is 2. The minimum Gasteiger partial charge on any atom is -0.396 e. The summed E-state index contributed by atoms with van der Waals surface area (Å²) in [4.78, 5) is 38.7. The number of aryl methyl sites for hydroxylation is 1. The first kappa shape index (κ1) is 20.5. The number of aromatic amines is 1. The Balaban J connectivity index is 1.75. The molecule has 0 aliphatic carbocycles. The van der Waals surface area contributed by atoms with Crippen molar-refractivity contribution >= 4 is 16.9 Å². The Morgan fingerprint density at radius 2 is 2.00 bits per heavy atom. The number of halogens is 1. The van der Waals surface area contributed by atoms with Gasteiger partial charge >= 0.3 is 11.1 Å². The molecule has 0 spiro atoms. The number of rotatable bonds is 7. The van der Waals surface area contributed by atoms with Crippen LogP contribution >= 0.6 is 0 Å². The highest BCUT2D eigenvalue weighted by Crippen LogP contribution is 2.14. The van der Waals surface area contributed by atoms with Gasteiger partial charge in [0.2, 0.25) is 0 Å². The molecule has 1 atom stereocenters. The quantitative estimate of drug-likeness (QED) is 0.523. The van der Waals surface area contributed by atoms with Crippen LogP contribution in [0.5, 0.6) is 0 Å². The fourth-order valence-electron chi connectivity index (χ4n) is 3.25. The number of carbonyl (C=O) groups is 1. The zero-order valence-electron chi connectivity index (χ0n) is 15.9. The highest BCUT2D eigenvalue weighted by atomic mass is 19.1. The molecule has 29 heavy (non-hydrogen) atoms. The third-order valence-corrected chi connectivity index (χ3v) is 4.83. The van der Waals surface area contributed by atoms with Gasteiger partial charge in [-0.15, -0.1) is 0 Å². The van der Waals surface area contributed by atoms with Crippen LogP contribution in [0.2, 0.25) is 0 Å². The molecule has 0 saturated heterocycles. The summed E-state index contributed by atoms with van der Waals surface area (Å²) < 4.78 is 15.1. The van der Waals surface area contributed by atoms with Crippen LogP contribution in [0.25, 0.3) is 11.0 Å². The lowest BCUT2D eigenvalue weighted by molar-refractivity contribution is 0.0940. The van der Waals surface area contributed by atoms with Crippen molar-refractivity contribution in [2.45, 2.75) is 19.9 Å². The molecule has 3 N–H and O–H groups in total. The Morgan fingerprint density at radius 1 is 1.24 bits per heavy atom. The van der Waals surface area contributed by atoms with E-state index >= 15 is 0 Å². The molecular formula is C21H22FN3O4. The van der Waals surface area contributed by atoms with Crippen molar-refractivity contribution in [2.24, 2.45) is 5.92 Å². The number of benzene rings is 2. The lowest BCUT2D eigenvalue weighted by atomic mass is 9.99. The average molecular weight is 399 g/mol. The highest BCUT2D eigenvalue weighted by Gasteiger charge is 2.15. The molecule has 0 aliphatic heterocycles. The van der Waals surface area contributed by atoms with Crippen LogP contribution in [0, 0.1) is 11.7 Å². The molecule has 3 aromatic rings. The summed E-state index contributed by atoms with van der Waals surface area (Å²) in [5, 5.41) is 12.3. The van der Waals surface area contributed by atoms with Crippen LogP contribution in [-0.4, -0.2) is 33.7 Å². The van der Waals surface area contributed by atoms with Crippen molar-refractivity contribution in [3.05, 3.63) is 80.1 Å².